The topological polar surface area (TPSA) is 83.6 Å². The lowest BCUT2D eigenvalue weighted by molar-refractivity contribution is 0.198. The first kappa shape index (κ1) is 15.3. The number of benzene rings is 1. The molecule has 6 heteroatoms. The molecular weight excluding hydrogens is 276 g/mol. The molecule has 0 atom stereocenters. The second kappa shape index (κ2) is 6.11. The van der Waals surface area contributed by atoms with Gasteiger partial charge < -0.3 is 10.8 Å². The molecule has 1 aliphatic carbocycles. The summed E-state index contributed by atoms with van der Waals surface area (Å²) in [5.41, 5.74) is 6.83. The summed E-state index contributed by atoms with van der Waals surface area (Å²) in [7, 11) is -3.60. The predicted molar refractivity (Wildman–Crippen MR) is 78.8 cm³/mol. The van der Waals surface area contributed by atoms with Gasteiger partial charge in [-0.25, -0.2) is 8.42 Å². The zero-order chi connectivity index (χ0) is 14.8. The third-order valence-electron chi connectivity index (χ3n) is 3.83. The number of rotatable bonds is 6. The van der Waals surface area contributed by atoms with Crippen LogP contribution in [0.2, 0.25) is 0 Å². The fourth-order valence-electron chi connectivity index (χ4n) is 2.55. The Morgan fingerprint density at radius 1 is 1.40 bits per heavy atom. The SMILES string of the molecule is Cc1cccc(N)c1S(=O)(=O)N(CCCO)C1CCC1. The van der Waals surface area contributed by atoms with Crippen LogP contribution in [-0.4, -0.2) is 37.0 Å². The zero-order valence-corrected chi connectivity index (χ0v) is 12.6. The standard InChI is InChI=1S/C14H22N2O3S/c1-11-5-2-8-13(15)14(11)20(18,19)16(9-4-10-17)12-6-3-7-12/h2,5,8,12,17H,3-4,6-7,9-10,15H2,1H3. The van der Waals surface area contributed by atoms with Crippen molar-refractivity contribution in [2.45, 2.75) is 43.5 Å². The number of aliphatic hydroxyl groups excluding tert-OH is 1. The van der Waals surface area contributed by atoms with Crippen molar-refractivity contribution in [3.05, 3.63) is 23.8 Å². The fourth-order valence-corrected chi connectivity index (χ4v) is 4.59. The highest BCUT2D eigenvalue weighted by Crippen LogP contribution is 2.33. The van der Waals surface area contributed by atoms with Crippen LogP contribution >= 0.6 is 0 Å². The summed E-state index contributed by atoms with van der Waals surface area (Å²) in [6.07, 6.45) is 3.27. The molecule has 1 aliphatic rings. The molecule has 3 N–H and O–H groups in total. The van der Waals surface area contributed by atoms with E-state index in [1.165, 1.54) is 4.31 Å². The number of aliphatic hydroxyl groups is 1. The van der Waals surface area contributed by atoms with Crippen molar-refractivity contribution in [3.63, 3.8) is 0 Å². The maximum absolute atomic E-state index is 12.9. The van der Waals surface area contributed by atoms with Crippen LogP contribution in [-0.2, 0) is 10.0 Å². The minimum Gasteiger partial charge on any atom is -0.398 e. The number of nitrogens with two attached hydrogens (primary N) is 1. The summed E-state index contributed by atoms with van der Waals surface area (Å²) < 4.78 is 27.3. The summed E-state index contributed by atoms with van der Waals surface area (Å²) >= 11 is 0. The maximum Gasteiger partial charge on any atom is 0.245 e. The smallest absolute Gasteiger partial charge is 0.245 e. The van der Waals surface area contributed by atoms with Crippen molar-refractivity contribution in [2.75, 3.05) is 18.9 Å². The Hall–Kier alpha value is -1.11. The average molecular weight is 298 g/mol. The van der Waals surface area contributed by atoms with Gasteiger partial charge in [0.05, 0.1) is 5.69 Å². The number of hydrogen-bond donors (Lipinski definition) is 2. The molecule has 2 rings (SSSR count). The molecule has 20 heavy (non-hydrogen) atoms. The Labute approximate surface area is 120 Å². The number of aryl methyl sites for hydroxylation is 1. The van der Waals surface area contributed by atoms with Gasteiger partial charge in [0, 0.05) is 19.2 Å². The van der Waals surface area contributed by atoms with Crippen molar-refractivity contribution in [1.82, 2.24) is 4.31 Å². The van der Waals surface area contributed by atoms with Crippen LogP contribution in [0.3, 0.4) is 0 Å². The molecule has 5 nitrogen and oxygen atoms in total. The van der Waals surface area contributed by atoms with Crippen LogP contribution in [0.4, 0.5) is 5.69 Å². The molecule has 1 aromatic carbocycles. The average Bonchev–Trinajstić information content (AvgIpc) is 2.31. The molecule has 0 aromatic heterocycles. The molecule has 0 heterocycles. The van der Waals surface area contributed by atoms with Gasteiger partial charge in [-0.15, -0.1) is 0 Å². The summed E-state index contributed by atoms with van der Waals surface area (Å²) in [5.74, 6) is 0. The predicted octanol–water partition coefficient (Wildman–Crippen LogP) is 1.50. The quantitative estimate of drug-likeness (QED) is 0.780. The van der Waals surface area contributed by atoms with Gasteiger partial charge in [0.2, 0.25) is 10.0 Å². The number of anilines is 1. The van der Waals surface area contributed by atoms with E-state index in [1.807, 2.05) is 0 Å². The minimum atomic E-state index is -3.60. The van der Waals surface area contributed by atoms with Gasteiger partial charge in [-0.3, -0.25) is 0 Å². The zero-order valence-electron chi connectivity index (χ0n) is 11.7. The van der Waals surface area contributed by atoms with Crippen molar-refractivity contribution in [3.8, 4) is 0 Å². The molecule has 0 spiro atoms. The van der Waals surface area contributed by atoms with Crippen molar-refractivity contribution in [1.29, 1.82) is 0 Å². The number of nitrogens with zero attached hydrogens (tertiary/aromatic N) is 1. The van der Waals surface area contributed by atoms with E-state index in [0.717, 1.165) is 19.3 Å². The third-order valence-corrected chi connectivity index (χ3v) is 6.00. The van der Waals surface area contributed by atoms with E-state index in [0.29, 0.717) is 24.2 Å². The van der Waals surface area contributed by atoms with Crippen LogP contribution in [0.15, 0.2) is 23.1 Å². The summed E-state index contributed by atoms with van der Waals surface area (Å²) in [4.78, 5) is 0.213. The molecule has 1 aromatic rings. The molecule has 0 saturated heterocycles. The number of nitrogen functional groups attached to an aromatic ring is 1. The highest BCUT2D eigenvalue weighted by molar-refractivity contribution is 7.89. The first-order valence-corrected chi connectivity index (χ1v) is 8.40. The molecular formula is C14H22N2O3S. The molecule has 0 bridgehead atoms. The van der Waals surface area contributed by atoms with Crippen molar-refractivity contribution >= 4 is 15.7 Å². The minimum absolute atomic E-state index is 0.0119. The van der Waals surface area contributed by atoms with E-state index in [9.17, 15) is 8.42 Å². The summed E-state index contributed by atoms with van der Waals surface area (Å²) in [6.45, 7) is 2.09. The van der Waals surface area contributed by atoms with Crippen LogP contribution < -0.4 is 5.73 Å². The Bertz CT molecular complexity index is 548. The molecule has 0 radical (unpaired) electrons. The van der Waals surface area contributed by atoms with Crippen molar-refractivity contribution in [2.24, 2.45) is 0 Å². The Morgan fingerprint density at radius 3 is 2.60 bits per heavy atom. The lowest BCUT2D eigenvalue weighted by Crippen LogP contribution is -2.45. The number of hydrogen-bond acceptors (Lipinski definition) is 4. The Kier molecular flexibility index (Phi) is 4.67. The van der Waals surface area contributed by atoms with Crippen LogP contribution in [0.5, 0.6) is 0 Å². The normalized spacial score (nSPS) is 16.4. The van der Waals surface area contributed by atoms with Gasteiger partial charge in [-0.2, -0.15) is 4.31 Å². The highest BCUT2D eigenvalue weighted by atomic mass is 32.2. The fraction of sp³-hybridized carbons (Fsp3) is 0.571. The van der Waals surface area contributed by atoms with Crippen molar-refractivity contribution < 1.29 is 13.5 Å². The van der Waals surface area contributed by atoms with E-state index in [2.05, 4.69) is 0 Å². The van der Waals surface area contributed by atoms with E-state index in [-0.39, 0.29) is 17.5 Å². The molecule has 1 fully saturated rings. The lowest BCUT2D eigenvalue weighted by atomic mass is 9.93. The van der Waals surface area contributed by atoms with Gasteiger partial charge in [-0.1, -0.05) is 18.6 Å². The van der Waals surface area contributed by atoms with Crippen LogP contribution in [0.1, 0.15) is 31.2 Å². The monoisotopic (exact) mass is 298 g/mol. The maximum atomic E-state index is 12.9. The van der Waals surface area contributed by atoms with Gasteiger partial charge in [-0.05, 0) is 37.8 Å². The highest BCUT2D eigenvalue weighted by Gasteiger charge is 2.36. The van der Waals surface area contributed by atoms with Gasteiger partial charge in [0.1, 0.15) is 4.90 Å². The first-order chi connectivity index (χ1) is 9.48. The first-order valence-electron chi connectivity index (χ1n) is 6.96. The summed E-state index contributed by atoms with van der Waals surface area (Å²) in [6, 6.07) is 5.18. The molecule has 0 unspecified atom stereocenters. The van der Waals surface area contributed by atoms with E-state index in [4.69, 9.17) is 10.8 Å². The Balaban J connectivity index is 2.39. The van der Waals surface area contributed by atoms with Gasteiger partial charge in [0.25, 0.3) is 0 Å². The largest absolute Gasteiger partial charge is 0.398 e. The Morgan fingerprint density at radius 2 is 2.10 bits per heavy atom. The second-order valence-electron chi connectivity index (χ2n) is 5.27. The van der Waals surface area contributed by atoms with E-state index < -0.39 is 10.0 Å². The third kappa shape index (κ3) is 2.82. The molecule has 1 saturated carbocycles. The van der Waals surface area contributed by atoms with Gasteiger partial charge in [0.15, 0.2) is 0 Å². The van der Waals surface area contributed by atoms with Crippen LogP contribution in [0.25, 0.3) is 0 Å². The van der Waals surface area contributed by atoms with Crippen LogP contribution in [0, 0.1) is 6.92 Å². The number of sulfonamides is 1. The molecule has 112 valence electrons. The molecule has 0 aliphatic heterocycles. The lowest BCUT2D eigenvalue weighted by Gasteiger charge is -2.37. The van der Waals surface area contributed by atoms with Gasteiger partial charge >= 0.3 is 0 Å². The second-order valence-corrected chi connectivity index (χ2v) is 7.10. The molecule has 0 amide bonds. The summed E-state index contributed by atoms with van der Waals surface area (Å²) in [5, 5.41) is 8.99. The van der Waals surface area contributed by atoms with E-state index >= 15 is 0 Å². The van der Waals surface area contributed by atoms with E-state index in [1.54, 1.807) is 25.1 Å².